The zero-order valence-corrected chi connectivity index (χ0v) is 43.8. The zero-order valence-electron chi connectivity index (χ0n) is 43.8. The minimum atomic E-state index is -1.94. The first kappa shape index (κ1) is 60.2. The van der Waals surface area contributed by atoms with Crippen LogP contribution < -0.4 is 0 Å². The second kappa shape index (κ2) is 25.9. The minimum absolute atomic E-state index is 0.0328. The monoisotopic (exact) mass is 1030 g/mol. The molecule has 0 bridgehead atoms. The molecule has 19 nitrogen and oxygen atoms in total. The highest BCUT2D eigenvalue weighted by atomic mass is 16.7. The van der Waals surface area contributed by atoms with E-state index in [4.69, 9.17) is 37.9 Å². The standard InChI is InChI=1S/C53H86O19/c1-12-35-32(9)71-52(63,24-39(35)66-43-22-37(54)47(60)34(11)65-43)30(7)45(58)28(5)49-26(3)18-14-16-21-42(57)69-50(27(4)19-15-17-20-41(56)68-49)29(6)46(59)31(8)53(64)25-40(36(13-2)33(10)72-53)67-44-23-38(55)48(61)51(62)70-44/h14-21,26-40,43-51,54-55,58-64H,12-13,22-25H2,1-11H3/b18-14-,19-15-,20-17-,21-16-/t26-,27-,28-,29-,30-,31-,32+,33+,34-,35+,36+,37-,38-,39+,40+,43-,44+,45+,46+,47+,48-,49-,50-,51+,52+,53+/m0/s1. The van der Waals surface area contributed by atoms with E-state index in [1.54, 1.807) is 79.7 Å². The molecule has 5 rings (SSSR count). The van der Waals surface area contributed by atoms with E-state index in [1.165, 1.54) is 24.3 Å². The van der Waals surface area contributed by atoms with Crippen LogP contribution in [0.5, 0.6) is 0 Å². The lowest BCUT2D eigenvalue weighted by Gasteiger charge is -2.50. The number of aliphatic hydroxyl groups is 9. The summed E-state index contributed by atoms with van der Waals surface area (Å²) in [6.07, 6.45) is -3.00. The van der Waals surface area contributed by atoms with Gasteiger partial charge in [-0.15, -0.1) is 0 Å². The molecule has 0 amide bonds. The number of hydrogen-bond acceptors (Lipinski definition) is 19. The molecule has 5 aliphatic rings. The number of ether oxygens (including phenoxy) is 8. The van der Waals surface area contributed by atoms with Gasteiger partial charge >= 0.3 is 11.9 Å². The normalized spacial score (nSPS) is 46.1. The SMILES string of the molecule is CC[C@@H]1[C@@H](C)O[C@@](O)([C@@H](C)[C@H](O)[C@H](C)[C@H]2OC(=O)/C=C\C=C/[C@H](C)[C@@H]([C@@H](C)[C@@H](O)[C@H](C)[C@@]3(O)C[C@@H](O[C@H]4C[C@H](O)[C@H](O)[C@H](O)O4)[C@H](CC)[C@@H](C)O3)OC(=O)/C=C\C=C/[C@@H]2C)C[C@H]1O[C@H]1C[C@H](O)[C@H](O)[C@H](C)O1. The van der Waals surface area contributed by atoms with E-state index in [-0.39, 0.29) is 37.5 Å². The van der Waals surface area contributed by atoms with Gasteiger partial charge in [-0.25, -0.2) is 9.59 Å². The third-order valence-corrected chi connectivity index (χ3v) is 16.2. The van der Waals surface area contributed by atoms with Crippen LogP contribution in [0.3, 0.4) is 0 Å². The van der Waals surface area contributed by atoms with Crippen LogP contribution in [0.25, 0.3) is 0 Å². The van der Waals surface area contributed by atoms with E-state index in [0.717, 1.165) is 0 Å². The molecule has 0 aromatic heterocycles. The van der Waals surface area contributed by atoms with Crippen molar-refractivity contribution in [3.05, 3.63) is 48.6 Å². The van der Waals surface area contributed by atoms with Crippen molar-refractivity contribution in [3.8, 4) is 0 Å². The van der Waals surface area contributed by atoms with Crippen LogP contribution in [0.1, 0.15) is 115 Å². The maximum atomic E-state index is 13.5. The quantitative estimate of drug-likeness (QED) is 0.113. The first-order valence-electron chi connectivity index (χ1n) is 26.0. The number of rotatable bonds is 14. The van der Waals surface area contributed by atoms with Gasteiger partial charge in [0, 0.05) is 85.2 Å². The molecule has 0 aliphatic carbocycles. The van der Waals surface area contributed by atoms with Crippen molar-refractivity contribution < 1.29 is 93.4 Å². The number of esters is 2. The van der Waals surface area contributed by atoms with Gasteiger partial charge in [0.25, 0.3) is 0 Å². The topological polar surface area (TPSA) is 290 Å². The summed E-state index contributed by atoms with van der Waals surface area (Å²) >= 11 is 0. The summed E-state index contributed by atoms with van der Waals surface area (Å²) < 4.78 is 48.4. The number of carbonyl (C=O) groups is 2. The van der Waals surface area contributed by atoms with Crippen molar-refractivity contribution in [2.45, 2.75) is 224 Å². The van der Waals surface area contributed by atoms with Crippen molar-refractivity contribution in [2.24, 2.45) is 47.3 Å². The first-order valence-corrected chi connectivity index (χ1v) is 26.0. The van der Waals surface area contributed by atoms with Crippen molar-refractivity contribution in [1.29, 1.82) is 0 Å². The average Bonchev–Trinajstić information content (AvgIpc) is 3.31. The van der Waals surface area contributed by atoms with Gasteiger partial charge in [-0.3, -0.25) is 0 Å². The predicted molar refractivity (Wildman–Crippen MR) is 259 cm³/mol. The third kappa shape index (κ3) is 14.4. The smallest absolute Gasteiger partial charge is 0.331 e. The highest BCUT2D eigenvalue weighted by molar-refractivity contribution is 5.83. The molecule has 0 aromatic carbocycles. The summed E-state index contributed by atoms with van der Waals surface area (Å²) in [6, 6.07) is 0. The van der Waals surface area contributed by atoms with Crippen LogP contribution in [0.2, 0.25) is 0 Å². The Morgan fingerprint density at radius 1 is 0.597 bits per heavy atom. The molecular formula is C53H86O19. The molecule has 0 radical (unpaired) electrons. The number of carbonyl (C=O) groups excluding carboxylic acids is 2. The van der Waals surface area contributed by atoms with E-state index >= 15 is 0 Å². The highest BCUT2D eigenvalue weighted by Crippen LogP contribution is 2.45. The van der Waals surface area contributed by atoms with E-state index in [2.05, 4.69) is 0 Å². The second-order valence-electron chi connectivity index (χ2n) is 21.3. The van der Waals surface area contributed by atoms with E-state index in [1.807, 2.05) is 20.8 Å². The Labute approximate surface area is 424 Å². The van der Waals surface area contributed by atoms with Crippen LogP contribution in [-0.2, 0) is 47.5 Å². The van der Waals surface area contributed by atoms with Gasteiger partial charge in [-0.2, -0.15) is 0 Å². The summed E-state index contributed by atoms with van der Waals surface area (Å²) in [5, 5.41) is 99.2. The molecule has 9 N–H and O–H groups in total. The van der Waals surface area contributed by atoms with E-state index in [9.17, 15) is 55.5 Å². The Kier molecular flexibility index (Phi) is 21.6. The third-order valence-electron chi connectivity index (χ3n) is 16.2. The first-order chi connectivity index (χ1) is 33.7. The predicted octanol–water partition coefficient (Wildman–Crippen LogP) is 3.05. The largest absolute Gasteiger partial charge is 0.458 e. The van der Waals surface area contributed by atoms with Crippen LogP contribution >= 0.6 is 0 Å². The molecule has 0 saturated carbocycles. The van der Waals surface area contributed by atoms with Crippen molar-refractivity contribution in [1.82, 2.24) is 0 Å². The molecule has 0 aromatic rings. The molecule has 0 unspecified atom stereocenters. The van der Waals surface area contributed by atoms with Crippen LogP contribution in [-0.4, -0.2) is 168 Å². The second-order valence-corrected chi connectivity index (χ2v) is 21.3. The minimum Gasteiger partial charge on any atom is -0.458 e. The van der Waals surface area contributed by atoms with Crippen molar-refractivity contribution in [3.63, 3.8) is 0 Å². The molecule has 72 heavy (non-hydrogen) atoms. The average molecular weight is 1030 g/mol. The van der Waals surface area contributed by atoms with Gasteiger partial charge in [-0.05, 0) is 33.6 Å². The fraction of sp³-hybridized carbons (Fsp3) is 0.811. The molecule has 4 fully saturated rings. The van der Waals surface area contributed by atoms with E-state index in [0.29, 0.717) is 12.8 Å². The maximum absolute atomic E-state index is 13.5. The van der Waals surface area contributed by atoms with Gasteiger partial charge in [0.05, 0.1) is 54.9 Å². The van der Waals surface area contributed by atoms with Gasteiger partial charge in [-0.1, -0.05) is 91.8 Å². The maximum Gasteiger partial charge on any atom is 0.331 e. The molecule has 412 valence electrons. The van der Waals surface area contributed by atoms with Crippen molar-refractivity contribution in [2.75, 3.05) is 0 Å². The van der Waals surface area contributed by atoms with Gasteiger partial charge in [0.2, 0.25) is 0 Å². The lowest BCUT2D eigenvalue weighted by molar-refractivity contribution is -0.358. The number of allylic oxidation sites excluding steroid dienone is 4. The fourth-order valence-corrected chi connectivity index (χ4v) is 11.4. The Morgan fingerprint density at radius 3 is 1.36 bits per heavy atom. The molecule has 19 heteroatoms. The van der Waals surface area contributed by atoms with E-state index < -0.39 is 157 Å². The Hall–Kier alpha value is -2.70. The summed E-state index contributed by atoms with van der Waals surface area (Å²) in [7, 11) is 0. The zero-order chi connectivity index (χ0) is 53.6. The Bertz CT molecular complexity index is 1710. The molecule has 5 heterocycles. The Morgan fingerprint density at radius 2 is 0.986 bits per heavy atom. The number of aliphatic hydroxyl groups excluding tert-OH is 7. The number of cyclic esters (lactones) is 2. The van der Waals surface area contributed by atoms with Gasteiger partial charge < -0.3 is 83.9 Å². The molecule has 0 spiro atoms. The molecular weight excluding hydrogens is 941 g/mol. The lowest BCUT2D eigenvalue weighted by atomic mass is 9.76. The summed E-state index contributed by atoms with van der Waals surface area (Å²) in [6.45, 7) is 19.4. The summed E-state index contributed by atoms with van der Waals surface area (Å²) in [4.78, 5) is 27.0. The molecule has 4 saturated heterocycles. The van der Waals surface area contributed by atoms with Gasteiger partial charge in [0.1, 0.15) is 24.4 Å². The fourth-order valence-electron chi connectivity index (χ4n) is 11.4. The summed E-state index contributed by atoms with van der Waals surface area (Å²) in [5.74, 6) is -10.2. The summed E-state index contributed by atoms with van der Waals surface area (Å²) in [5.41, 5.74) is 0. The highest BCUT2D eigenvalue weighted by Gasteiger charge is 2.54. The van der Waals surface area contributed by atoms with Crippen LogP contribution in [0, 0.1) is 47.3 Å². The Balaban J connectivity index is 1.28. The van der Waals surface area contributed by atoms with Crippen molar-refractivity contribution >= 4 is 11.9 Å². The lowest BCUT2D eigenvalue weighted by Crippen LogP contribution is -2.59. The van der Waals surface area contributed by atoms with Crippen LogP contribution in [0.4, 0.5) is 0 Å². The molecule has 5 aliphatic heterocycles. The number of hydrogen-bond donors (Lipinski definition) is 9. The van der Waals surface area contributed by atoms with Gasteiger partial charge in [0.15, 0.2) is 30.4 Å². The van der Waals surface area contributed by atoms with Crippen LogP contribution in [0.15, 0.2) is 48.6 Å². The molecule has 26 atom stereocenters.